The first kappa shape index (κ1) is 11.1. The maximum atomic E-state index is 8.44. The molecule has 0 atom stereocenters. The third kappa shape index (κ3) is 2.43. The lowest BCUT2D eigenvalue weighted by Gasteiger charge is -2.11. The minimum absolute atomic E-state index is 0.0380. The van der Waals surface area contributed by atoms with E-state index >= 15 is 0 Å². The van der Waals surface area contributed by atoms with E-state index in [9.17, 15) is 0 Å². The number of fused-ring (bicyclic) bond motifs is 3. The molecule has 0 nitrogen and oxygen atoms in total. The molecule has 5 aromatic carbocycles. The summed E-state index contributed by atoms with van der Waals surface area (Å²) in [5.41, 5.74) is 1.28. The minimum atomic E-state index is -0.234. The zero-order chi connectivity index (χ0) is 20.3. The van der Waals surface area contributed by atoms with Crippen LogP contribution in [-0.4, -0.2) is 0 Å². The molecule has 25 heavy (non-hydrogen) atoms. The maximum absolute atomic E-state index is 8.44. The molecule has 0 aromatic heterocycles. The molecule has 0 aliphatic carbocycles. The Hall–Kier alpha value is -2.64. The van der Waals surface area contributed by atoms with Crippen LogP contribution >= 0.6 is 15.9 Å². The lowest BCUT2D eigenvalue weighted by molar-refractivity contribution is 1.61. The fraction of sp³-hybridized carbons (Fsp3) is 0. The van der Waals surface area contributed by atoms with Crippen molar-refractivity contribution in [3.05, 3.63) is 95.4 Å². The van der Waals surface area contributed by atoms with Gasteiger partial charge < -0.3 is 0 Å². The summed E-state index contributed by atoms with van der Waals surface area (Å²) in [6.45, 7) is 0. The van der Waals surface area contributed by atoms with Gasteiger partial charge >= 0.3 is 0 Å². The highest BCUT2D eigenvalue weighted by atomic mass is 79.9. The molecule has 0 aliphatic heterocycles. The SMILES string of the molecule is [2H]c1c([2H])c([2H])c(-c2cccc3cc4cc5ccccc5cc4cc23)c(Br)c1[2H]. The predicted molar refractivity (Wildman–Crippen MR) is 112 cm³/mol. The molecule has 0 bridgehead atoms. The smallest absolute Gasteiger partial charge is 0.0616 e. The van der Waals surface area contributed by atoms with Crippen molar-refractivity contribution in [1.82, 2.24) is 0 Å². The van der Waals surface area contributed by atoms with Crippen LogP contribution in [0.15, 0.2) is 95.4 Å². The van der Waals surface area contributed by atoms with Crippen LogP contribution in [0.5, 0.6) is 0 Å². The van der Waals surface area contributed by atoms with Crippen LogP contribution in [0.2, 0.25) is 0 Å². The Morgan fingerprint density at radius 3 is 2.04 bits per heavy atom. The normalized spacial score (nSPS) is 13.6. The highest BCUT2D eigenvalue weighted by Gasteiger charge is 2.08. The van der Waals surface area contributed by atoms with Gasteiger partial charge in [0.05, 0.1) is 5.48 Å². The van der Waals surface area contributed by atoms with Crippen LogP contribution in [0, 0.1) is 0 Å². The van der Waals surface area contributed by atoms with Crippen LogP contribution < -0.4 is 0 Å². The van der Waals surface area contributed by atoms with E-state index in [1.54, 1.807) is 0 Å². The molecule has 5 rings (SSSR count). The van der Waals surface area contributed by atoms with E-state index in [1.165, 1.54) is 10.8 Å². The first-order valence-electron chi connectivity index (χ1n) is 10.1. The van der Waals surface area contributed by atoms with E-state index in [0.29, 0.717) is 10.0 Å². The Labute approximate surface area is 160 Å². The van der Waals surface area contributed by atoms with Crippen molar-refractivity contribution in [2.24, 2.45) is 0 Å². The highest BCUT2D eigenvalue weighted by molar-refractivity contribution is 9.10. The van der Waals surface area contributed by atoms with E-state index in [1.807, 2.05) is 30.3 Å². The summed E-state index contributed by atoms with van der Waals surface area (Å²) in [6.07, 6.45) is 0. The Balaban J connectivity index is 1.88. The number of rotatable bonds is 1. The molecule has 0 amide bonds. The van der Waals surface area contributed by atoms with Crippen molar-refractivity contribution in [3.8, 4) is 11.1 Å². The van der Waals surface area contributed by atoms with Gasteiger partial charge in [-0.15, -0.1) is 0 Å². The monoisotopic (exact) mass is 386 g/mol. The standard InChI is InChI=1S/C24H15Br/c25-24-11-4-3-9-22(24)21-10-5-8-18-14-19-12-16-6-1-2-7-17(16)13-20(19)15-23(18)21/h1-15H/i3D,4D,9D,11D. The number of halogens is 1. The van der Waals surface area contributed by atoms with Crippen molar-refractivity contribution in [3.63, 3.8) is 0 Å². The maximum Gasteiger partial charge on any atom is 0.0635 e. The lowest BCUT2D eigenvalue weighted by Crippen LogP contribution is -1.84. The quantitative estimate of drug-likeness (QED) is 0.260. The Bertz CT molecular complexity index is 1430. The topological polar surface area (TPSA) is 0 Å². The van der Waals surface area contributed by atoms with Gasteiger partial charge in [0.1, 0.15) is 0 Å². The summed E-state index contributed by atoms with van der Waals surface area (Å²) in [5.74, 6) is 0. The second-order valence-corrected chi connectivity index (χ2v) is 6.91. The summed E-state index contributed by atoms with van der Waals surface area (Å²) >= 11 is 3.41. The second-order valence-electron chi connectivity index (χ2n) is 6.11. The molecule has 0 saturated heterocycles. The molecule has 0 radical (unpaired) electrons. The fourth-order valence-corrected chi connectivity index (χ4v) is 3.83. The van der Waals surface area contributed by atoms with Crippen molar-refractivity contribution in [2.75, 3.05) is 0 Å². The Morgan fingerprint density at radius 2 is 1.24 bits per heavy atom. The van der Waals surface area contributed by atoms with Crippen molar-refractivity contribution in [2.45, 2.75) is 0 Å². The Kier molecular flexibility index (Phi) is 2.53. The van der Waals surface area contributed by atoms with Gasteiger partial charge in [0, 0.05) is 4.47 Å². The molecule has 1 heteroatoms. The number of hydrogen-bond acceptors (Lipinski definition) is 0. The van der Waals surface area contributed by atoms with Crippen LogP contribution in [0.4, 0.5) is 0 Å². The average Bonchev–Trinajstić information content (AvgIpc) is 2.74. The summed E-state index contributed by atoms with van der Waals surface area (Å²) in [4.78, 5) is 0. The molecule has 118 valence electrons. The molecule has 5 aromatic rings. The van der Waals surface area contributed by atoms with Crippen molar-refractivity contribution in [1.29, 1.82) is 0 Å². The van der Waals surface area contributed by atoms with Crippen LogP contribution in [0.3, 0.4) is 0 Å². The molecule has 0 aliphatic rings. The molecular weight excluding hydrogens is 368 g/mol. The van der Waals surface area contributed by atoms with E-state index in [-0.39, 0.29) is 24.2 Å². The number of benzene rings is 5. The molecule has 0 fully saturated rings. The highest BCUT2D eigenvalue weighted by Crippen LogP contribution is 2.36. The average molecular weight is 387 g/mol. The summed E-state index contributed by atoms with van der Waals surface area (Å²) in [5, 5.41) is 6.59. The minimum Gasteiger partial charge on any atom is -0.0616 e. The van der Waals surface area contributed by atoms with Crippen LogP contribution in [-0.2, 0) is 0 Å². The summed E-state index contributed by atoms with van der Waals surface area (Å²) in [7, 11) is 0. The first-order chi connectivity index (χ1) is 14.0. The van der Waals surface area contributed by atoms with E-state index < -0.39 is 0 Å². The number of hydrogen-bond donors (Lipinski definition) is 0. The molecular formula is C24H15Br. The van der Waals surface area contributed by atoms with Gasteiger partial charge in [0.15, 0.2) is 0 Å². The van der Waals surface area contributed by atoms with Gasteiger partial charge in [-0.1, -0.05) is 76.5 Å². The fourth-order valence-electron chi connectivity index (χ4n) is 3.42. The zero-order valence-corrected chi connectivity index (χ0v) is 14.8. The molecule has 0 heterocycles. The molecule has 0 unspecified atom stereocenters. The van der Waals surface area contributed by atoms with E-state index in [2.05, 4.69) is 52.3 Å². The van der Waals surface area contributed by atoms with Crippen molar-refractivity contribution < 1.29 is 5.48 Å². The van der Waals surface area contributed by atoms with Crippen LogP contribution in [0.25, 0.3) is 43.4 Å². The van der Waals surface area contributed by atoms with Crippen molar-refractivity contribution >= 4 is 48.2 Å². The van der Waals surface area contributed by atoms with E-state index in [4.69, 9.17) is 5.48 Å². The second kappa shape index (κ2) is 5.72. The third-order valence-electron chi connectivity index (χ3n) is 4.61. The summed E-state index contributed by atoms with van der Waals surface area (Å²) in [6, 6.07) is 22.2. The molecule has 0 spiro atoms. The Morgan fingerprint density at radius 1 is 0.600 bits per heavy atom. The van der Waals surface area contributed by atoms with Gasteiger partial charge in [0.2, 0.25) is 0 Å². The molecule has 0 N–H and O–H groups in total. The van der Waals surface area contributed by atoms with Crippen LogP contribution in [0.1, 0.15) is 5.48 Å². The van der Waals surface area contributed by atoms with Gasteiger partial charge in [-0.25, -0.2) is 0 Å². The van der Waals surface area contributed by atoms with Gasteiger partial charge in [-0.2, -0.15) is 0 Å². The zero-order valence-electron chi connectivity index (χ0n) is 17.2. The largest absolute Gasteiger partial charge is 0.0635 e. The predicted octanol–water partition coefficient (Wildman–Crippen LogP) is 7.58. The molecule has 0 saturated carbocycles. The lowest BCUT2D eigenvalue weighted by atomic mass is 9.94. The van der Waals surface area contributed by atoms with E-state index in [0.717, 1.165) is 27.1 Å². The van der Waals surface area contributed by atoms with Gasteiger partial charge in [0.25, 0.3) is 0 Å². The van der Waals surface area contributed by atoms with Gasteiger partial charge in [-0.3, -0.25) is 0 Å². The first-order valence-corrected chi connectivity index (χ1v) is 8.86. The third-order valence-corrected chi connectivity index (χ3v) is 5.21. The van der Waals surface area contributed by atoms with Gasteiger partial charge in [-0.05, 0) is 73.8 Å². The summed E-state index contributed by atoms with van der Waals surface area (Å²) < 4.78 is 33.0.